The maximum absolute atomic E-state index is 13.2. The normalized spacial score (nSPS) is 11.2. The van der Waals surface area contributed by atoms with Gasteiger partial charge < -0.3 is 9.67 Å². The van der Waals surface area contributed by atoms with Gasteiger partial charge in [-0.3, -0.25) is 4.99 Å². The van der Waals surface area contributed by atoms with Crippen molar-refractivity contribution in [2.75, 3.05) is 0 Å². The van der Waals surface area contributed by atoms with Crippen molar-refractivity contribution in [3.8, 4) is 5.69 Å². The van der Waals surface area contributed by atoms with E-state index in [9.17, 15) is 14.3 Å². The molecule has 1 N–H and O–H groups in total. The number of carboxylic acids is 1. The second kappa shape index (κ2) is 7.14. The van der Waals surface area contributed by atoms with Crippen LogP contribution in [0.2, 0.25) is 5.02 Å². The van der Waals surface area contributed by atoms with E-state index in [1.54, 1.807) is 30.5 Å². The molecular weight excluding hydrogens is 355 g/mol. The third-order valence-electron chi connectivity index (χ3n) is 4.10. The second-order valence-corrected chi connectivity index (χ2v) is 6.25. The topological polar surface area (TPSA) is 54.6 Å². The number of aromatic carboxylic acids is 1. The Bertz CT molecular complexity index is 1020. The summed E-state index contributed by atoms with van der Waals surface area (Å²) in [5.74, 6) is -1.47. The molecule has 0 spiro atoms. The van der Waals surface area contributed by atoms with E-state index >= 15 is 0 Å². The number of para-hydroxylation sites is 1. The van der Waals surface area contributed by atoms with Crippen LogP contribution in [0, 0.1) is 19.7 Å². The lowest BCUT2D eigenvalue weighted by Gasteiger charge is -2.12. The van der Waals surface area contributed by atoms with Crippen LogP contribution in [0.1, 0.15) is 27.3 Å². The Morgan fingerprint density at radius 1 is 1.19 bits per heavy atom. The molecule has 0 radical (unpaired) electrons. The minimum absolute atomic E-state index is 0.0144. The van der Waals surface area contributed by atoms with Gasteiger partial charge in [0, 0.05) is 23.2 Å². The number of halogens is 2. The fourth-order valence-corrected chi connectivity index (χ4v) is 3.02. The van der Waals surface area contributed by atoms with Crippen LogP contribution in [0.4, 0.5) is 10.1 Å². The molecule has 1 aromatic heterocycles. The first kappa shape index (κ1) is 17.9. The van der Waals surface area contributed by atoms with Crippen LogP contribution >= 0.6 is 11.6 Å². The SMILES string of the molecule is Cc1cc(C=Nc2ccc(F)c(Cl)c2)c(C)n1-c1ccccc1C(=O)O. The fourth-order valence-electron chi connectivity index (χ4n) is 2.85. The van der Waals surface area contributed by atoms with Crippen LogP contribution in [-0.4, -0.2) is 21.9 Å². The number of aryl methyl sites for hydroxylation is 1. The van der Waals surface area contributed by atoms with E-state index < -0.39 is 11.8 Å². The molecule has 26 heavy (non-hydrogen) atoms. The minimum atomic E-state index is -0.982. The average Bonchev–Trinajstić information content (AvgIpc) is 2.89. The summed E-state index contributed by atoms with van der Waals surface area (Å²) in [6, 6.07) is 13.0. The van der Waals surface area contributed by atoms with Crippen LogP contribution in [0.5, 0.6) is 0 Å². The van der Waals surface area contributed by atoms with Gasteiger partial charge in [-0.15, -0.1) is 0 Å². The molecule has 3 rings (SSSR count). The van der Waals surface area contributed by atoms with Crippen LogP contribution in [0.15, 0.2) is 53.5 Å². The molecule has 0 saturated heterocycles. The molecule has 0 fully saturated rings. The van der Waals surface area contributed by atoms with E-state index in [1.165, 1.54) is 18.2 Å². The second-order valence-electron chi connectivity index (χ2n) is 5.84. The van der Waals surface area contributed by atoms with Gasteiger partial charge in [0.05, 0.1) is 22.0 Å². The van der Waals surface area contributed by atoms with E-state index in [2.05, 4.69) is 4.99 Å². The third kappa shape index (κ3) is 3.39. The van der Waals surface area contributed by atoms with Gasteiger partial charge in [-0.25, -0.2) is 9.18 Å². The zero-order valence-corrected chi connectivity index (χ0v) is 15.0. The maximum atomic E-state index is 13.2. The van der Waals surface area contributed by atoms with Gasteiger partial charge in [0.25, 0.3) is 0 Å². The van der Waals surface area contributed by atoms with Crippen LogP contribution in [0.25, 0.3) is 5.69 Å². The molecule has 4 nitrogen and oxygen atoms in total. The van der Waals surface area contributed by atoms with Crippen molar-refractivity contribution < 1.29 is 14.3 Å². The summed E-state index contributed by atoms with van der Waals surface area (Å²) in [4.78, 5) is 15.9. The molecule has 0 atom stereocenters. The molecule has 0 bridgehead atoms. The number of benzene rings is 2. The Kier molecular flexibility index (Phi) is 4.91. The van der Waals surface area contributed by atoms with E-state index in [-0.39, 0.29) is 10.6 Å². The van der Waals surface area contributed by atoms with Crippen molar-refractivity contribution in [3.05, 3.63) is 81.9 Å². The summed E-state index contributed by atoms with van der Waals surface area (Å²) in [5.41, 5.74) is 3.93. The molecule has 0 aliphatic rings. The highest BCUT2D eigenvalue weighted by atomic mass is 35.5. The standard InChI is InChI=1S/C20H16ClFN2O2/c1-12-9-14(11-23-15-7-8-18(22)17(21)10-15)13(2)24(12)19-6-4-3-5-16(19)20(25)26/h3-11H,1-2H3,(H,25,26). The van der Waals surface area contributed by atoms with Crippen molar-refractivity contribution in [2.24, 2.45) is 4.99 Å². The molecule has 0 saturated carbocycles. The molecule has 0 aliphatic carbocycles. The highest BCUT2D eigenvalue weighted by molar-refractivity contribution is 6.31. The molecule has 2 aromatic carbocycles. The Hall–Kier alpha value is -2.92. The van der Waals surface area contributed by atoms with Gasteiger partial charge in [0.2, 0.25) is 0 Å². The van der Waals surface area contributed by atoms with Gasteiger partial charge in [-0.05, 0) is 50.2 Å². The van der Waals surface area contributed by atoms with Crippen LogP contribution < -0.4 is 0 Å². The number of rotatable bonds is 4. The molecule has 1 heterocycles. The van der Waals surface area contributed by atoms with Gasteiger partial charge in [-0.2, -0.15) is 0 Å². The largest absolute Gasteiger partial charge is 0.478 e. The number of aromatic nitrogens is 1. The molecule has 3 aromatic rings. The van der Waals surface area contributed by atoms with E-state index in [0.717, 1.165) is 17.0 Å². The third-order valence-corrected chi connectivity index (χ3v) is 4.39. The number of carboxylic acid groups (broad SMARTS) is 1. The lowest BCUT2D eigenvalue weighted by Crippen LogP contribution is -2.07. The van der Waals surface area contributed by atoms with Gasteiger partial charge in [-0.1, -0.05) is 23.7 Å². The average molecular weight is 371 g/mol. The van der Waals surface area contributed by atoms with Crippen molar-refractivity contribution in [1.82, 2.24) is 4.57 Å². The first-order valence-corrected chi connectivity index (χ1v) is 8.27. The highest BCUT2D eigenvalue weighted by Crippen LogP contribution is 2.25. The van der Waals surface area contributed by atoms with Crippen molar-refractivity contribution >= 4 is 29.5 Å². The fraction of sp³-hybridized carbons (Fsp3) is 0.100. The van der Waals surface area contributed by atoms with Crippen molar-refractivity contribution in [1.29, 1.82) is 0 Å². The molecule has 132 valence electrons. The highest BCUT2D eigenvalue weighted by Gasteiger charge is 2.15. The number of hydrogen-bond acceptors (Lipinski definition) is 2. The van der Waals surface area contributed by atoms with E-state index in [1.807, 2.05) is 24.5 Å². The van der Waals surface area contributed by atoms with Crippen LogP contribution in [0.3, 0.4) is 0 Å². The van der Waals surface area contributed by atoms with Gasteiger partial charge >= 0.3 is 5.97 Å². The number of nitrogens with zero attached hydrogens (tertiary/aromatic N) is 2. The van der Waals surface area contributed by atoms with Gasteiger partial charge in [0.15, 0.2) is 0 Å². The quantitative estimate of drug-likeness (QED) is 0.630. The van der Waals surface area contributed by atoms with Crippen molar-refractivity contribution in [2.45, 2.75) is 13.8 Å². The number of aliphatic imine (C=N–C) groups is 1. The molecule has 6 heteroatoms. The zero-order chi connectivity index (χ0) is 18.8. The summed E-state index contributed by atoms with van der Waals surface area (Å²) in [5, 5.41) is 9.45. The lowest BCUT2D eigenvalue weighted by molar-refractivity contribution is 0.0697. The molecule has 0 unspecified atom stereocenters. The Balaban J connectivity index is 2.03. The lowest BCUT2D eigenvalue weighted by atomic mass is 10.1. The summed E-state index contributed by atoms with van der Waals surface area (Å²) in [6.07, 6.45) is 1.66. The van der Waals surface area contributed by atoms with E-state index in [4.69, 9.17) is 11.6 Å². The Morgan fingerprint density at radius 2 is 1.92 bits per heavy atom. The first-order valence-electron chi connectivity index (χ1n) is 7.89. The van der Waals surface area contributed by atoms with Crippen molar-refractivity contribution in [3.63, 3.8) is 0 Å². The molecule has 0 aliphatic heterocycles. The van der Waals surface area contributed by atoms with E-state index in [0.29, 0.717) is 11.4 Å². The minimum Gasteiger partial charge on any atom is -0.478 e. The predicted molar refractivity (Wildman–Crippen MR) is 101 cm³/mol. The van der Waals surface area contributed by atoms with Gasteiger partial charge in [0.1, 0.15) is 5.82 Å². The summed E-state index contributed by atoms with van der Waals surface area (Å²) < 4.78 is 15.1. The van der Waals surface area contributed by atoms with Crippen LogP contribution in [-0.2, 0) is 0 Å². The summed E-state index contributed by atoms with van der Waals surface area (Å²) in [7, 11) is 0. The monoisotopic (exact) mass is 370 g/mol. The number of carbonyl (C=O) groups is 1. The molecule has 0 amide bonds. The Morgan fingerprint density at radius 3 is 2.62 bits per heavy atom. The smallest absolute Gasteiger partial charge is 0.337 e. The number of hydrogen-bond donors (Lipinski definition) is 1. The first-order chi connectivity index (χ1) is 12.4. The molecular formula is C20H16ClFN2O2. The predicted octanol–water partition coefficient (Wildman–Crippen LogP) is 5.34. The summed E-state index contributed by atoms with van der Waals surface area (Å²) in [6.45, 7) is 3.79. The maximum Gasteiger partial charge on any atom is 0.337 e. The zero-order valence-electron chi connectivity index (χ0n) is 14.2. The Labute approximate surface area is 155 Å². The summed E-state index contributed by atoms with van der Waals surface area (Å²) >= 11 is 5.77.